The molecule has 0 radical (unpaired) electrons. The molecule has 142 valence electrons. The second-order valence-corrected chi connectivity index (χ2v) is 6.07. The summed E-state index contributed by atoms with van der Waals surface area (Å²) in [5, 5.41) is 16.7. The van der Waals surface area contributed by atoms with Gasteiger partial charge >= 0.3 is 0 Å². The van der Waals surface area contributed by atoms with Crippen molar-refractivity contribution in [2.45, 2.75) is 13.0 Å². The van der Waals surface area contributed by atoms with E-state index in [0.29, 0.717) is 5.75 Å². The second kappa shape index (κ2) is 8.68. The molecule has 0 unspecified atom stereocenters. The third kappa shape index (κ3) is 4.85. The van der Waals surface area contributed by atoms with Crippen LogP contribution in [0.5, 0.6) is 11.5 Å². The molecule has 3 aromatic carbocycles. The number of carbonyl (C=O) groups excluding carboxylic acids is 1. The average molecular weight is 377 g/mol. The number of para-hydroxylation sites is 3. The topological polar surface area (TPSA) is 93.5 Å². The minimum Gasteiger partial charge on any atom is -0.457 e. The summed E-state index contributed by atoms with van der Waals surface area (Å²) < 4.78 is 5.73. The summed E-state index contributed by atoms with van der Waals surface area (Å²) in [5.41, 5.74) is 0.744. The monoisotopic (exact) mass is 377 g/mol. The van der Waals surface area contributed by atoms with Crippen molar-refractivity contribution in [1.29, 1.82) is 0 Å². The van der Waals surface area contributed by atoms with E-state index in [9.17, 15) is 14.9 Å². The van der Waals surface area contributed by atoms with Crippen LogP contribution in [0.4, 0.5) is 17.1 Å². The molecule has 0 bridgehead atoms. The van der Waals surface area contributed by atoms with E-state index in [-0.39, 0.29) is 17.3 Å². The molecule has 0 aliphatic carbocycles. The molecular weight excluding hydrogens is 358 g/mol. The molecule has 0 aromatic heterocycles. The van der Waals surface area contributed by atoms with Gasteiger partial charge in [-0.1, -0.05) is 30.3 Å². The van der Waals surface area contributed by atoms with Crippen LogP contribution < -0.4 is 15.4 Å². The van der Waals surface area contributed by atoms with Crippen molar-refractivity contribution >= 4 is 23.0 Å². The highest BCUT2D eigenvalue weighted by Crippen LogP contribution is 2.25. The van der Waals surface area contributed by atoms with Gasteiger partial charge in [-0.3, -0.25) is 14.9 Å². The Morgan fingerprint density at radius 3 is 2.21 bits per heavy atom. The molecule has 28 heavy (non-hydrogen) atoms. The van der Waals surface area contributed by atoms with Crippen LogP contribution in [-0.4, -0.2) is 16.9 Å². The van der Waals surface area contributed by atoms with Crippen molar-refractivity contribution in [2.75, 3.05) is 10.6 Å². The summed E-state index contributed by atoms with van der Waals surface area (Å²) in [6.07, 6.45) is 0. The predicted molar refractivity (Wildman–Crippen MR) is 108 cm³/mol. The quantitative estimate of drug-likeness (QED) is 0.454. The molecule has 1 amide bonds. The molecule has 0 heterocycles. The first-order valence-corrected chi connectivity index (χ1v) is 8.67. The summed E-state index contributed by atoms with van der Waals surface area (Å²) in [7, 11) is 0. The van der Waals surface area contributed by atoms with Crippen molar-refractivity contribution in [2.24, 2.45) is 0 Å². The van der Waals surface area contributed by atoms with Gasteiger partial charge in [0.15, 0.2) is 0 Å². The summed E-state index contributed by atoms with van der Waals surface area (Å²) in [6, 6.07) is 22.0. The van der Waals surface area contributed by atoms with Gasteiger partial charge in [0.2, 0.25) is 5.91 Å². The van der Waals surface area contributed by atoms with Crippen LogP contribution in [0.25, 0.3) is 0 Å². The molecule has 7 nitrogen and oxygen atoms in total. The van der Waals surface area contributed by atoms with E-state index in [4.69, 9.17) is 4.74 Å². The van der Waals surface area contributed by atoms with Crippen LogP contribution in [-0.2, 0) is 4.79 Å². The first-order chi connectivity index (χ1) is 13.5. The molecule has 1 atom stereocenters. The van der Waals surface area contributed by atoms with E-state index in [0.717, 1.165) is 11.4 Å². The van der Waals surface area contributed by atoms with Gasteiger partial charge in [0.25, 0.3) is 5.69 Å². The number of nitro groups is 1. The molecule has 0 saturated carbocycles. The van der Waals surface area contributed by atoms with E-state index in [1.807, 2.05) is 30.3 Å². The Kier molecular flexibility index (Phi) is 5.86. The molecule has 3 rings (SSSR count). The number of rotatable bonds is 7. The molecule has 0 aliphatic heterocycles. The maximum atomic E-state index is 12.4. The van der Waals surface area contributed by atoms with Crippen LogP contribution in [0.1, 0.15) is 6.92 Å². The molecular formula is C21H19N3O4. The first-order valence-electron chi connectivity index (χ1n) is 8.67. The highest BCUT2D eigenvalue weighted by atomic mass is 16.6. The smallest absolute Gasteiger partial charge is 0.292 e. The summed E-state index contributed by atoms with van der Waals surface area (Å²) in [6.45, 7) is 1.68. The SMILES string of the molecule is C[C@@H](Nc1ccc(Oc2ccccc2)cc1)C(=O)Nc1ccccc1[N+](=O)[O-]. The number of hydrogen-bond donors (Lipinski definition) is 2. The minimum absolute atomic E-state index is 0.148. The standard InChI is InChI=1S/C21H19N3O4/c1-15(21(25)23-19-9-5-6-10-20(19)24(26)27)22-16-11-13-18(14-12-16)28-17-7-3-2-4-8-17/h2-15,22H,1H3,(H,23,25)/t15-/m1/s1. The normalized spacial score (nSPS) is 11.3. The molecule has 0 saturated heterocycles. The third-order valence-corrected chi connectivity index (χ3v) is 3.97. The number of nitro benzene ring substituents is 1. The number of nitrogens with zero attached hydrogens (tertiary/aromatic N) is 1. The van der Waals surface area contributed by atoms with Crippen molar-refractivity contribution in [3.63, 3.8) is 0 Å². The van der Waals surface area contributed by atoms with Crippen molar-refractivity contribution in [1.82, 2.24) is 0 Å². The zero-order chi connectivity index (χ0) is 19.9. The fourth-order valence-corrected chi connectivity index (χ4v) is 2.54. The van der Waals surface area contributed by atoms with Gasteiger partial charge in [-0.05, 0) is 49.4 Å². The number of carbonyl (C=O) groups is 1. The molecule has 7 heteroatoms. The zero-order valence-corrected chi connectivity index (χ0v) is 15.2. The summed E-state index contributed by atoms with van der Waals surface area (Å²) >= 11 is 0. The Morgan fingerprint density at radius 2 is 1.54 bits per heavy atom. The highest BCUT2D eigenvalue weighted by Gasteiger charge is 2.18. The third-order valence-electron chi connectivity index (χ3n) is 3.97. The number of hydrogen-bond acceptors (Lipinski definition) is 5. The van der Waals surface area contributed by atoms with E-state index < -0.39 is 11.0 Å². The second-order valence-electron chi connectivity index (χ2n) is 6.07. The zero-order valence-electron chi connectivity index (χ0n) is 15.2. The number of amides is 1. The van der Waals surface area contributed by atoms with Crippen LogP contribution in [0, 0.1) is 10.1 Å². The molecule has 0 fully saturated rings. The summed E-state index contributed by atoms with van der Waals surface area (Å²) in [4.78, 5) is 22.9. The highest BCUT2D eigenvalue weighted by molar-refractivity contribution is 5.97. The van der Waals surface area contributed by atoms with Gasteiger partial charge in [0.1, 0.15) is 23.2 Å². The molecule has 0 aliphatic rings. The van der Waals surface area contributed by atoms with E-state index in [2.05, 4.69) is 10.6 Å². The summed E-state index contributed by atoms with van der Waals surface area (Å²) in [5.74, 6) is 1.04. The van der Waals surface area contributed by atoms with Crippen LogP contribution in [0.3, 0.4) is 0 Å². The minimum atomic E-state index is -0.597. The van der Waals surface area contributed by atoms with Crippen molar-refractivity contribution < 1.29 is 14.5 Å². The van der Waals surface area contributed by atoms with E-state index in [1.165, 1.54) is 12.1 Å². The lowest BCUT2D eigenvalue weighted by Crippen LogP contribution is -2.32. The lowest BCUT2D eigenvalue weighted by atomic mass is 10.2. The first kappa shape index (κ1) is 18.9. The maximum absolute atomic E-state index is 12.4. The number of anilines is 2. The number of ether oxygens (including phenoxy) is 1. The Balaban J connectivity index is 1.60. The number of nitrogens with one attached hydrogen (secondary N) is 2. The average Bonchev–Trinajstić information content (AvgIpc) is 2.70. The van der Waals surface area contributed by atoms with Gasteiger partial charge in [-0.15, -0.1) is 0 Å². The van der Waals surface area contributed by atoms with E-state index in [1.54, 1.807) is 43.3 Å². The van der Waals surface area contributed by atoms with Gasteiger partial charge in [0.05, 0.1) is 4.92 Å². The molecule has 0 spiro atoms. The van der Waals surface area contributed by atoms with Crippen LogP contribution >= 0.6 is 0 Å². The Hall–Kier alpha value is -3.87. The fraction of sp³-hybridized carbons (Fsp3) is 0.0952. The van der Waals surface area contributed by atoms with Gasteiger partial charge in [-0.2, -0.15) is 0 Å². The Morgan fingerprint density at radius 1 is 0.929 bits per heavy atom. The van der Waals surface area contributed by atoms with Gasteiger partial charge in [0, 0.05) is 11.8 Å². The molecule has 2 N–H and O–H groups in total. The van der Waals surface area contributed by atoms with Crippen LogP contribution in [0.2, 0.25) is 0 Å². The van der Waals surface area contributed by atoms with Crippen molar-refractivity contribution in [3.8, 4) is 11.5 Å². The van der Waals surface area contributed by atoms with Gasteiger partial charge < -0.3 is 15.4 Å². The van der Waals surface area contributed by atoms with Gasteiger partial charge in [-0.25, -0.2) is 0 Å². The predicted octanol–water partition coefficient (Wildman–Crippen LogP) is 4.83. The lowest BCUT2D eigenvalue weighted by Gasteiger charge is -2.15. The number of benzene rings is 3. The maximum Gasteiger partial charge on any atom is 0.292 e. The molecule has 3 aromatic rings. The van der Waals surface area contributed by atoms with E-state index >= 15 is 0 Å². The van der Waals surface area contributed by atoms with Crippen LogP contribution in [0.15, 0.2) is 78.9 Å². The largest absolute Gasteiger partial charge is 0.457 e. The Labute approximate surface area is 162 Å². The Bertz CT molecular complexity index is 959. The fourth-order valence-electron chi connectivity index (χ4n) is 2.54. The van der Waals surface area contributed by atoms with Crippen molar-refractivity contribution in [3.05, 3.63) is 89.0 Å². The lowest BCUT2D eigenvalue weighted by molar-refractivity contribution is -0.383.